The van der Waals surface area contributed by atoms with Gasteiger partial charge in [-0.15, -0.1) is 0 Å². The molecule has 0 atom stereocenters. The van der Waals surface area contributed by atoms with Gasteiger partial charge in [-0.1, -0.05) is 0 Å². The number of nitro benzene ring substituents is 1. The van der Waals surface area contributed by atoms with Crippen molar-refractivity contribution in [3.8, 4) is 5.75 Å². The maximum Gasteiger partial charge on any atom is 0.311 e. The Morgan fingerprint density at radius 1 is 1.38 bits per heavy atom. The number of nitro groups is 1. The van der Waals surface area contributed by atoms with Crippen molar-refractivity contribution in [3.63, 3.8) is 0 Å². The van der Waals surface area contributed by atoms with Crippen LogP contribution in [0.15, 0.2) is 30.6 Å². The molecule has 0 aliphatic rings. The third-order valence-electron chi connectivity index (χ3n) is 2.82. The highest BCUT2D eigenvalue weighted by Gasteiger charge is 2.14. The number of rotatable bonds is 7. The van der Waals surface area contributed by atoms with Crippen LogP contribution in [0.25, 0.3) is 0 Å². The molecule has 0 spiro atoms. The van der Waals surface area contributed by atoms with E-state index in [2.05, 4.69) is 10.4 Å². The molecule has 0 unspecified atom stereocenters. The zero-order chi connectivity index (χ0) is 15.2. The molecule has 1 N–H and O–H groups in total. The second kappa shape index (κ2) is 6.71. The molecule has 0 amide bonds. The molecule has 0 saturated heterocycles. The summed E-state index contributed by atoms with van der Waals surface area (Å²) in [6.45, 7) is 1.23. The molecule has 112 valence electrons. The molecule has 2 aromatic rings. The number of methoxy groups -OCH3 is 2. The average molecular weight is 292 g/mol. The lowest BCUT2D eigenvalue weighted by Gasteiger charge is -2.06. The van der Waals surface area contributed by atoms with Gasteiger partial charge in [-0.25, -0.2) is 0 Å². The first kappa shape index (κ1) is 14.8. The van der Waals surface area contributed by atoms with Gasteiger partial charge in [0.1, 0.15) is 0 Å². The normalized spacial score (nSPS) is 10.4. The van der Waals surface area contributed by atoms with E-state index in [1.165, 1.54) is 13.2 Å². The molecule has 0 aliphatic carbocycles. The van der Waals surface area contributed by atoms with Crippen LogP contribution in [-0.4, -0.2) is 35.5 Å². The molecule has 0 aliphatic heterocycles. The minimum atomic E-state index is -0.481. The first-order valence-corrected chi connectivity index (χ1v) is 6.25. The van der Waals surface area contributed by atoms with E-state index < -0.39 is 4.92 Å². The lowest BCUT2D eigenvalue weighted by Crippen LogP contribution is -2.03. The molecule has 21 heavy (non-hydrogen) atoms. The molecule has 0 fully saturated rings. The number of ether oxygens (including phenoxy) is 2. The Morgan fingerprint density at radius 3 is 2.86 bits per heavy atom. The Balaban J connectivity index is 2.12. The Hall–Kier alpha value is -2.61. The van der Waals surface area contributed by atoms with E-state index in [1.54, 1.807) is 30.1 Å². The van der Waals surface area contributed by atoms with E-state index >= 15 is 0 Å². The Kier molecular flexibility index (Phi) is 4.72. The van der Waals surface area contributed by atoms with Gasteiger partial charge in [0.15, 0.2) is 5.75 Å². The number of nitrogens with one attached hydrogen (secondary N) is 1. The number of anilines is 2. The van der Waals surface area contributed by atoms with Crippen molar-refractivity contribution in [1.82, 2.24) is 9.78 Å². The van der Waals surface area contributed by atoms with Gasteiger partial charge in [0.05, 0.1) is 37.1 Å². The predicted octanol–water partition coefficient (Wildman–Crippen LogP) is 2.19. The van der Waals surface area contributed by atoms with Crippen LogP contribution in [-0.2, 0) is 11.3 Å². The molecule has 8 heteroatoms. The van der Waals surface area contributed by atoms with Crippen molar-refractivity contribution in [3.05, 3.63) is 40.7 Å². The highest BCUT2D eigenvalue weighted by Crippen LogP contribution is 2.30. The Morgan fingerprint density at radius 2 is 2.19 bits per heavy atom. The highest BCUT2D eigenvalue weighted by atomic mass is 16.6. The van der Waals surface area contributed by atoms with Gasteiger partial charge in [0, 0.05) is 31.1 Å². The quantitative estimate of drug-likeness (QED) is 0.621. The van der Waals surface area contributed by atoms with Crippen molar-refractivity contribution >= 4 is 17.1 Å². The summed E-state index contributed by atoms with van der Waals surface area (Å²) in [5.74, 6) is 0.205. The first-order chi connectivity index (χ1) is 10.1. The number of aromatic nitrogens is 2. The van der Waals surface area contributed by atoms with E-state index in [1.807, 2.05) is 6.20 Å². The van der Waals surface area contributed by atoms with Gasteiger partial charge in [0.25, 0.3) is 0 Å². The molecule has 1 aromatic heterocycles. The maximum atomic E-state index is 10.8. The SMILES string of the molecule is COCCn1cc(Nc2ccc([N+](=O)[O-])c(OC)c2)cn1. The summed E-state index contributed by atoms with van der Waals surface area (Å²) >= 11 is 0. The molecule has 1 aromatic carbocycles. The highest BCUT2D eigenvalue weighted by molar-refractivity contribution is 5.64. The van der Waals surface area contributed by atoms with Gasteiger partial charge >= 0.3 is 5.69 Å². The van der Waals surface area contributed by atoms with Crippen LogP contribution in [0.5, 0.6) is 5.75 Å². The summed E-state index contributed by atoms with van der Waals surface area (Å²) in [4.78, 5) is 10.4. The smallest absolute Gasteiger partial charge is 0.311 e. The van der Waals surface area contributed by atoms with Crippen LogP contribution < -0.4 is 10.1 Å². The van der Waals surface area contributed by atoms with Gasteiger partial charge in [-0.2, -0.15) is 5.10 Å². The Bertz CT molecular complexity index is 626. The number of hydrogen-bond acceptors (Lipinski definition) is 6. The third-order valence-corrected chi connectivity index (χ3v) is 2.82. The minimum absolute atomic E-state index is 0.0705. The monoisotopic (exact) mass is 292 g/mol. The fourth-order valence-corrected chi connectivity index (χ4v) is 1.81. The summed E-state index contributed by atoms with van der Waals surface area (Å²) in [6, 6.07) is 4.59. The van der Waals surface area contributed by atoms with Gasteiger partial charge in [-0.3, -0.25) is 14.8 Å². The van der Waals surface area contributed by atoms with E-state index in [4.69, 9.17) is 9.47 Å². The second-order valence-electron chi connectivity index (χ2n) is 4.25. The van der Waals surface area contributed by atoms with Crippen LogP contribution >= 0.6 is 0 Å². The standard InChI is InChI=1S/C13H16N4O4/c1-20-6-5-16-9-11(8-14-16)15-10-3-4-12(17(18)19)13(7-10)21-2/h3-4,7-9,15H,5-6H2,1-2H3. The molecular weight excluding hydrogens is 276 g/mol. The zero-order valence-electron chi connectivity index (χ0n) is 11.8. The van der Waals surface area contributed by atoms with Crippen molar-refractivity contribution in [2.75, 3.05) is 26.1 Å². The molecule has 0 saturated carbocycles. The summed E-state index contributed by atoms with van der Waals surface area (Å²) in [5, 5.41) is 18.1. The minimum Gasteiger partial charge on any atom is -0.490 e. The molecule has 0 bridgehead atoms. The summed E-state index contributed by atoms with van der Waals surface area (Å²) in [7, 11) is 3.03. The number of benzene rings is 1. The number of hydrogen-bond donors (Lipinski definition) is 1. The van der Waals surface area contributed by atoms with Crippen LogP contribution in [0.2, 0.25) is 0 Å². The number of nitrogens with zero attached hydrogens (tertiary/aromatic N) is 3. The molecular formula is C13H16N4O4. The zero-order valence-corrected chi connectivity index (χ0v) is 11.8. The molecule has 0 radical (unpaired) electrons. The van der Waals surface area contributed by atoms with Crippen molar-refractivity contribution in [1.29, 1.82) is 0 Å². The van der Waals surface area contributed by atoms with E-state index in [0.29, 0.717) is 18.8 Å². The maximum absolute atomic E-state index is 10.8. The fraction of sp³-hybridized carbons (Fsp3) is 0.308. The average Bonchev–Trinajstić information content (AvgIpc) is 2.92. The van der Waals surface area contributed by atoms with Gasteiger partial charge < -0.3 is 14.8 Å². The Labute approximate surface area is 121 Å². The lowest BCUT2D eigenvalue weighted by molar-refractivity contribution is -0.385. The van der Waals surface area contributed by atoms with E-state index in [0.717, 1.165) is 5.69 Å². The van der Waals surface area contributed by atoms with Gasteiger partial charge in [-0.05, 0) is 6.07 Å². The van der Waals surface area contributed by atoms with Crippen LogP contribution in [0, 0.1) is 10.1 Å². The molecule has 1 heterocycles. The van der Waals surface area contributed by atoms with Crippen LogP contribution in [0.3, 0.4) is 0 Å². The van der Waals surface area contributed by atoms with E-state index in [9.17, 15) is 10.1 Å². The largest absolute Gasteiger partial charge is 0.490 e. The lowest BCUT2D eigenvalue weighted by atomic mass is 10.2. The van der Waals surface area contributed by atoms with Crippen molar-refractivity contribution in [2.45, 2.75) is 6.54 Å². The van der Waals surface area contributed by atoms with Crippen LogP contribution in [0.1, 0.15) is 0 Å². The summed E-state index contributed by atoms with van der Waals surface area (Å²) in [5.41, 5.74) is 1.39. The van der Waals surface area contributed by atoms with Crippen molar-refractivity contribution in [2.24, 2.45) is 0 Å². The predicted molar refractivity (Wildman–Crippen MR) is 77.0 cm³/mol. The van der Waals surface area contributed by atoms with Gasteiger partial charge in [0.2, 0.25) is 0 Å². The first-order valence-electron chi connectivity index (χ1n) is 6.25. The summed E-state index contributed by atoms with van der Waals surface area (Å²) in [6.07, 6.45) is 3.50. The molecule has 2 rings (SSSR count). The van der Waals surface area contributed by atoms with Crippen molar-refractivity contribution < 1.29 is 14.4 Å². The molecule has 8 nitrogen and oxygen atoms in total. The fourth-order valence-electron chi connectivity index (χ4n) is 1.81. The topological polar surface area (TPSA) is 91.5 Å². The summed E-state index contributed by atoms with van der Waals surface area (Å²) < 4.78 is 11.7. The second-order valence-corrected chi connectivity index (χ2v) is 4.25. The third kappa shape index (κ3) is 3.69. The van der Waals surface area contributed by atoms with E-state index in [-0.39, 0.29) is 11.4 Å². The van der Waals surface area contributed by atoms with Crippen LogP contribution in [0.4, 0.5) is 17.1 Å².